The van der Waals surface area contributed by atoms with E-state index in [-0.39, 0.29) is 18.5 Å². The van der Waals surface area contributed by atoms with Gasteiger partial charge in [-0.15, -0.1) is 0 Å². The Labute approximate surface area is 255 Å². The molecule has 3 aromatic rings. The lowest BCUT2D eigenvalue weighted by atomic mass is 10.0. The number of ether oxygens (including phenoxy) is 2. The predicted octanol–water partition coefficient (Wildman–Crippen LogP) is 5.86. The highest BCUT2D eigenvalue weighted by Gasteiger charge is 2.35. The number of amides is 2. The zero-order valence-corrected chi connectivity index (χ0v) is 27.0. The van der Waals surface area contributed by atoms with Crippen molar-refractivity contribution in [3.8, 4) is 5.75 Å². The minimum absolute atomic E-state index is 0.0653. The summed E-state index contributed by atoms with van der Waals surface area (Å²) >= 11 is 0. The van der Waals surface area contributed by atoms with Gasteiger partial charge in [-0.2, -0.15) is 0 Å². The van der Waals surface area contributed by atoms with Crippen LogP contribution in [0.4, 0.5) is 4.79 Å². The Morgan fingerprint density at radius 2 is 1.84 bits per heavy atom. The topological polar surface area (TPSA) is 117 Å². The summed E-state index contributed by atoms with van der Waals surface area (Å²) in [6.45, 7) is 12.6. The number of hydrogen-bond donors (Lipinski definition) is 2. The second-order valence-electron chi connectivity index (χ2n) is 11.3. The number of carbonyl (C=O) groups excluding carboxylic acids is 1. The number of fused-ring (bicyclic) bond motifs is 1. The lowest BCUT2D eigenvalue weighted by Gasteiger charge is -2.37. The molecule has 0 aliphatic carbocycles. The van der Waals surface area contributed by atoms with Crippen molar-refractivity contribution in [1.29, 1.82) is 0 Å². The molecule has 2 aromatic heterocycles. The van der Waals surface area contributed by atoms with Gasteiger partial charge in [0.25, 0.3) is 5.91 Å². The molecule has 234 valence electrons. The minimum Gasteiger partial charge on any atom is -0.479 e. The molecule has 43 heavy (non-hydrogen) atoms. The molecular formula is C32H46N4O6Si. The molecule has 2 amide bonds. The number of carbonyl (C=O) groups is 2. The molecule has 4 rings (SSSR count). The number of aromatic nitrogens is 2. The minimum atomic E-state index is -2.04. The third-order valence-corrected chi connectivity index (χ3v) is 13.4. The predicted molar refractivity (Wildman–Crippen MR) is 169 cm³/mol. The van der Waals surface area contributed by atoms with Gasteiger partial charge in [0.1, 0.15) is 5.75 Å². The van der Waals surface area contributed by atoms with Gasteiger partial charge in [-0.05, 0) is 61.7 Å². The molecule has 3 heterocycles. The fourth-order valence-electron chi connectivity index (χ4n) is 5.87. The Morgan fingerprint density at radius 1 is 1.12 bits per heavy atom. The van der Waals surface area contributed by atoms with Crippen LogP contribution in [0.25, 0.3) is 10.9 Å². The SMILES string of the molecule is CC[Si](CC)(CC)O[C@H](CN(C(=O)O)[C@H](C)Cc1c[nH]c2c(O[C@H](C)C(=O)N3CCOCC3)cccc12)c1cccnc1. The van der Waals surface area contributed by atoms with Crippen molar-refractivity contribution in [1.82, 2.24) is 19.8 Å². The molecule has 0 unspecified atom stereocenters. The van der Waals surface area contributed by atoms with E-state index in [1.54, 1.807) is 24.2 Å². The van der Waals surface area contributed by atoms with Crippen LogP contribution in [0.2, 0.25) is 18.1 Å². The largest absolute Gasteiger partial charge is 0.479 e. The molecule has 1 fully saturated rings. The lowest BCUT2D eigenvalue weighted by molar-refractivity contribution is -0.142. The van der Waals surface area contributed by atoms with E-state index >= 15 is 0 Å². The van der Waals surface area contributed by atoms with Crippen LogP contribution in [0.15, 0.2) is 48.9 Å². The molecular weight excluding hydrogens is 564 g/mol. The standard InChI is InChI=1S/C32H46N4O6Si/c1-6-43(7-2,8-3)42-29(25-11-10-14-33-20-25)22-36(32(38)39)23(4)19-26-21-34-30-27(26)12-9-13-28(30)41-24(5)31(37)35-15-17-40-18-16-35/h9-14,20-21,23-24,29,34H,6-8,15-19,22H2,1-5H3,(H,38,39)/t23-,24-,29-/m1/s1. The molecule has 0 saturated carbocycles. The Balaban J connectivity index is 1.52. The monoisotopic (exact) mass is 610 g/mol. The first-order chi connectivity index (χ1) is 20.7. The van der Waals surface area contributed by atoms with Crippen LogP contribution in [0.5, 0.6) is 5.75 Å². The number of hydrogen-bond acceptors (Lipinski definition) is 6. The first-order valence-electron chi connectivity index (χ1n) is 15.4. The van der Waals surface area contributed by atoms with E-state index in [1.165, 1.54) is 4.90 Å². The van der Waals surface area contributed by atoms with Crippen molar-refractivity contribution in [3.63, 3.8) is 0 Å². The van der Waals surface area contributed by atoms with E-state index in [4.69, 9.17) is 13.9 Å². The molecule has 2 N–H and O–H groups in total. The van der Waals surface area contributed by atoms with Crippen LogP contribution in [-0.4, -0.2) is 90.2 Å². The van der Waals surface area contributed by atoms with Gasteiger partial charge in [-0.3, -0.25) is 9.78 Å². The Hall–Kier alpha value is -3.41. The van der Waals surface area contributed by atoms with Gasteiger partial charge in [0.2, 0.25) is 0 Å². The number of morpholine rings is 1. The van der Waals surface area contributed by atoms with Crippen molar-refractivity contribution >= 4 is 31.2 Å². The van der Waals surface area contributed by atoms with Gasteiger partial charge in [-0.25, -0.2) is 4.79 Å². The highest BCUT2D eigenvalue weighted by molar-refractivity contribution is 6.73. The van der Waals surface area contributed by atoms with Crippen LogP contribution in [0.1, 0.15) is 51.8 Å². The Bertz CT molecular complexity index is 1330. The maximum atomic E-state index is 12.9. The summed E-state index contributed by atoms with van der Waals surface area (Å²) in [4.78, 5) is 36.4. The smallest absolute Gasteiger partial charge is 0.407 e. The van der Waals surface area contributed by atoms with Crippen LogP contribution >= 0.6 is 0 Å². The Morgan fingerprint density at radius 3 is 2.47 bits per heavy atom. The summed E-state index contributed by atoms with van der Waals surface area (Å²) in [5.41, 5.74) is 2.65. The number of H-pyrrole nitrogens is 1. The van der Waals surface area contributed by atoms with Crippen molar-refractivity contribution < 1.29 is 28.6 Å². The third kappa shape index (κ3) is 7.76. The van der Waals surface area contributed by atoms with Crippen LogP contribution < -0.4 is 4.74 Å². The summed E-state index contributed by atoms with van der Waals surface area (Å²) in [5.74, 6) is 0.523. The number of nitrogens with zero attached hydrogens (tertiary/aromatic N) is 3. The van der Waals surface area contributed by atoms with E-state index in [0.29, 0.717) is 38.5 Å². The van der Waals surface area contributed by atoms with E-state index in [1.807, 2.05) is 43.5 Å². The number of pyridine rings is 1. The zero-order chi connectivity index (χ0) is 31.0. The molecule has 0 radical (unpaired) electrons. The zero-order valence-electron chi connectivity index (χ0n) is 26.0. The summed E-state index contributed by atoms with van der Waals surface area (Å²) in [5, 5.41) is 11.3. The fraction of sp³-hybridized carbons (Fsp3) is 0.531. The molecule has 10 nitrogen and oxygen atoms in total. The quantitative estimate of drug-likeness (QED) is 0.220. The normalized spacial score (nSPS) is 16.1. The molecule has 0 bridgehead atoms. The number of benzene rings is 1. The van der Waals surface area contributed by atoms with Crippen LogP contribution in [0, 0.1) is 0 Å². The second kappa shape index (κ2) is 14.9. The van der Waals surface area contributed by atoms with Gasteiger partial charge in [0.05, 0.1) is 31.4 Å². The van der Waals surface area contributed by atoms with Gasteiger partial charge in [0.15, 0.2) is 14.4 Å². The lowest BCUT2D eigenvalue weighted by Crippen LogP contribution is -2.46. The number of para-hydroxylation sites is 1. The van der Waals surface area contributed by atoms with Crippen molar-refractivity contribution in [2.75, 3.05) is 32.8 Å². The number of rotatable bonds is 14. The van der Waals surface area contributed by atoms with Crippen LogP contribution in [-0.2, 0) is 20.4 Å². The average Bonchev–Trinajstić information content (AvgIpc) is 3.45. The van der Waals surface area contributed by atoms with E-state index in [0.717, 1.165) is 40.2 Å². The van der Waals surface area contributed by atoms with Gasteiger partial charge >= 0.3 is 6.09 Å². The van der Waals surface area contributed by atoms with E-state index < -0.39 is 26.6 Å². The maximum Gasteiger partial charge on any atom is 0.407 e. The maximum absolute atomic E-state index is 12.9. The molecule has 1 aliphatic heterocycles. The summed E-state index contributed by atoms with van der Waals surface area (Å²) in [7, 11) is -2.04. The van der Waals surface area contributed by atoms with Gasteiger partial charge in [0, 0.05) is 43.1 Å². The molecule has 3 atom stereocenters. The number of aromatic amines is 1. The van der Waals surface area contributed by atoms with E-state index in [2.05, 4.69) is 30.7 Å². The number of nitrogens with one attached hydrogen (secondary N) is 1. The molecule has 1 saturated heterocycles. The molecule has 0 spiro atoms. The first-order valence-corrected chi connectivity index (χ1v) is 17.9. The van der Waals surface area contributed by atoms with Crippen molar-refractivity contribution in [3.05, 3.63) is 60.0 Å². The van der Waals surface area contributed by atoms with Crippen molar-refractivity contribution in [2.24, 2.45) is 0 Å². The Kier molecular flexibility index (Phi) is 11.2. The van der Waals surface area contributed by atoms with Crippen molar-refractivity contribution in [2.45, 2.75) is 77.4 Å². The fourth-order valence-corrected chi connectivity index (χ4v) is 8.68. The third-order valence-electron chi connectivity index (χ3n) is 8.77. The van der Waals surface area contributed by atoms with Crippen LogP contribution in [0.3, 0.4) is 0 Å². The van der Waals surface area contributed by atoms with Gasteiger partial charge in [-0.1, -0.05) is 39.0 Å². The second-order valence-corrected chi connectivity index (χ2v) is 16.0. The summed E-state index contributed by atoms with van der Waals surface area (Å²) in [6.07, 6.45) is 3.87. The summed E-state index contributed by atoms with van der Waals surface area (Å²) in [6, 6.07) is 12.2. The number of carboxylic acid groups (broad SMARTS) is 1. The van der Waals surface area contributed by atoms with Gasteiger partial charge < -0.3 is 33.8 Å². The highest BCUT2D eigenvalue weighted by atomic mass is 28.4. The summed E-state index contributed by atoms with van der Waals surface area (Å²) < 4.78 is 18.4. The van der Waals surface area contributed by atoms with E-state index in [9.17, 15) is 14.7 Å². The molecule has 1 aromatic carbocycles. The molecule has 11 heteroatoms. The first kappa shape index (κ1) is 32.5. The highest BCUT2D eigenvalue weighted by Crippen LogP contribution is 2.32. The average molecular weight is 611 g/mol. The molecule has 1 aliphatic rings.